The molecular formula is C22H15BrN6O4S2. The Bertz CT molecular complexity index is 1480. The number of nitrogens with one attached hydrogen (secondary N) is 1. The average molecular weight is 571 g/mol. The Morgan fingerprint density at radius 3 is 2.66 bits per heavy atom. The third-order valence-electron chi connectivity index (χ3n) is 5.13. The fraction of sp³-hybridized carbons (Fsp3) is 0.0909. The quantitative estimate of drug-likeness (QED) is 0.270. The second-order valence-electron chi connectivity index (χ2n) is 7.41. The highest BCUT2D eigenvalue weighted by Crippen LogP contribution is 2.28. The van der Waals surface area contributed by atoms with Crippen LogP contribution in [-0.4, -0.2) is 37.0 Å². The van der Waals surface area contributed by atoms with Crippen molar-refractivity contribution in [3.63, 3.8) is 0 Å². The Hall–Kier alpha value is -3.55. The molecule has 0 spiro atoms. The van der Waals surface area contributed by atoms with Gasteiger partial charge >= 0.3 is 0 Å². The molecule has 13 heteroatoms. The van der Waals surface area contributed by atoms with E-state index in [1.54, 1.807) is 0 Å². The lowest BCUT2D eigenvalue weighted by Gasteiger charge is -2.15. The molecule has 0 saturated carbocycles. The molecule has 3 heterocycles. The molecule has 2 aromatic carbocycles. The Morgan fingerprint density at radius 2 is 1.94 bits per heavy atom. The van der Waals surface area contributed by atoms with Crippen LogP contribution in [-0.2, 0) is 16.0 Å². The van der Waals surface area contributed by atoms with Gasteiger partial charge in [0.05, 0.1) is 28.5 Å². The molecule has 0 unspecified atom stereocenters. The minimum atomic E-state index is -0.511. The molecule has 2 amide bonds. The summed E-state index contributed by atoms with van der Waals surface area (Å²) in [5.74, 6) is -0.417. The molecule has 10 nitrogen and oxygen atoms in total. The molecule has 0 aliphatic carbocycles. The number of carbonyl (C=O) groups is 2. The second-order valence-corrected chi connectivity index (χ2v) is 10.1. The topological polar surface area (TPSA) is 122 Å². The van der Waals surface area contributed by atoms with Crippen LogP contribution >= 0.6 is 39.0 Å². The van der Waals surface area contributed by atoms with Gasteiger partial charge in [0, 0.05) is 39.4 Å². The van der Waals surface area contributed by atoms with Crippen LogP contribution in [0.25, 0.3) is 16.2 Å². The predicted octanol–water partition coefficient (Wildman–Crippen LogP) is 4.44. The number of fused-ring (bicyclic) bond motifs is 1. The highest BCUT2D eigenvalue weighted by molar-refractivity contribution is 9.10. The van der Waals surface area contributed by atoms with Gasteiger partial charge in [-0.15, -0.1) is 16.4 Å². The summed E-state index contributed by atoms with van der Waals surface area (Å²) >= 11 is 6.05. The molecule has 4 aromatic rings. The zero-order valence-corrected chi connectivity index (χ0v) is 21.0. The number of anilines is 1. The van der Waals surface area contributed by atoms with Gasteiger partial charge in [-0.3, -0.25) is 29.0 Å². The van der Waals surface area contributed by atoms with Crippen molar-refractivity contribution in [1.29, 1.82) is 0 Å². The van der Waals surface area contributed by atoms with E-state index in [9.17, 15) is 19.7 Å². The normalized spacial score (nSPS) is 14.7. The Labute approximate surface area is 214 Å². The number of amides is 2. The summed E-state index contributed by atoms with van der Waals surface area (Å²) in [5.41, 5.74) is 5.42. The number of hydrogen-bond donors (Lipinski definition) is 1. The fourth-order valence-electron chi connectivity index (χ4n) is 3.45. The zero-order valence-electron chi connectivity index (χ0n) is 17.8. The summed E-state index contributed by atoms with van der Waals surface area (Å²) in [6.07, 6.45) is 1.97. The smallest absolute Gasteiger partial charge is 0.269 e. The van der Waals surface area contributed by atoms with E-state index in [1.165, 1.54) is 52.3 Å². The molecule has 1 fully saturated rings. The number of benzene rings is 2. The maximum Gasteiger partial charge on any atom is 0.269 e. The molecule has 35 heavy (non-hydrogen) atoms. The van der Waals surface area contributed by atoms with Gasteiger partial charge in [0.15, 0.2) is 10.1 Å². The molecule has 5 rings (SSSR count). The maximum atomic E-state index is 12.6. The summed E-state index contributed by atoms with van der Waals surface area (Å²) < 4.78 is 2.86. The van der Waals surface area contributed by atoms with E-state index < -0.39 is 4.92 Å². The SMILES string of the molecule is O=C(Cc1csc2nc(-c3ccc(Br)cc3)cn12)N/N=C1\SCC(=O)N1c1ccc([N+](=O)[O-])cc1. The van der Waals surface area contributed by atoms with Crippen LogP contribution in [0.15, 0.2) is 69.7 Å². The molecule has 1 saturated heterocycles. The lowest BCUT2D eigenvalue weighted by atomic mass is 10.2. The largest absolute Gasteiger partial charge is 0.294 e. The van der Waals surface area contributed by atoms with Crippen molar-refractivity contribution in [2.24, 2.45) is 5.10 Å². The third kappa shape index (κ3) is 4.83. The highest BCUT2D eigenvalue weighted by Gasteiger charge is 2.30. The number of nitro groups is 1. The van der Waals surface area contributed by atoms with Gasteiger partial charge in [-0.05, 0) is 24.3 Å². The first-order valence-corrected chi connectivity index (χ1v) is 12.8. The van der Waals surface area contributed by atoms with Crippen LogP contribution in [0, 0.1) is 10.1 Å². The number of thiazole rings is 1. The summed E-state index contributed by atoms with van der Waals surface area (Å²) in [7, 11) is 0. The van der Waals surface area contributed by atoms with Crippen molar-refractivity contribution in [2.75, 3.05) is 10.7 Å². The van der Waals surface area contributed by atoms with Gasteiger partial charge in [-0.1, -0.05) is 39.8 Å². The molecule has 1 N–H and O–H groups in total. The summed E-state index contributed by atoms with van der Waals surface area (Å²) in [6.45, 7) is 0. The third-order valence-corrected chi connectivity index (χ3v) is 7.47. The number of amidine groups is 1. The van der Waals surface area contributed by atoms with Crippen LogP contribution in [0.4, 0.5) is 11.4 Å². The van der Waals surface area contributed by atoms with E-state index >= 15 is 0 Å². The van der Waals surface area contributed by atoms with E-state index in [1.807, 2.05) is 40.2 Å². The number of non-ortho nitro benzene ring substituents is 1. The minimum Gasteiger partial charge on any atom is -0.294 e. The highest BCUT2D eigenvalue weighted by atomic mass is 79.9. The van der Waals surface area contributed by atoms with E-state index in [0.29, 0.717) is 10.9 Å². The maximum absolute atomic E-state index is 12.6. The molecule has 1 aliphatic rings. The summed E-state index contributed by atoms with van der Waals surface area (Å²) in [6, 6.07) is 13.4. The first-order valence-electron chi connectivity index (χ1n) is 10.2. The Morgan fingerprint density at radius 1 is 1.20 bits per heavy atom. The van der Waals surface area contributed by atoms with Crippen molar-refractivity contribution in [3.05, 3.63) is 80.4 Å². The number of rotatable bonds is 6. The zero-order chi connectivity index (χ0) is 24.5. The van der Waals surface area contributed by atoms with Crippen LogP contribution in [0.3, 0.4) is 0 Å². The van der Waals surface area contributed by atoms with E-state index in [-0.39, 0.29) is 29.7 Å². The minimum absolute atomic E-state index is 0.0725. The van der Waals surface area contributed by atoms with Gasteiger partial charge in [0.2, 0.25) is 11.8 Å². The average Bonchev–Trinajstić information content (AvgIpc) is 3.54. The first-order chi connectivity index (χ1) is 16.9. The van der Waals surface area contributed by atoms with Crippen molar-refractivity contribution in [1.82, 2.24) is 14.8 Å². The van der Waals surface area contributed by atoms with E-state index in [0.717, 1.165) is 26.4 Å². The van der Waals surface area contributed by atoms with Crippen molar-refractivity contribution in [3.8, 4) is 11.3 Å². The number of hydrazone groups is 1. The molecular weight excluding hydrogens is 556 g/mol. The number of carbonyl (C=O) groups excluding carboxylic acids is 2. The van der Waals surface area contributed by atoms with Crippen molar-refractivity contribution >= 4 is 72.3 Å². The van der Waals surface area contributed by atoms with Gasteiger partial charge in [0.25, 0.3) is 5.69 Å². The second kappa shape index (κ2) is 9.60. The predicted molar refractivity (Wildman–Crippen MR) is 139 cm³/mol. The van der Waals surface area contributed by atoms with Crippen LogP contribution in [0.2, 0.25) is 0 Å². The number of nitrogens with zero attached hydrogens (tertiary/aromatic N) is 5. The van der Waals surface area contributed by atoms with E-state index in [4.69, 9.17) is 0 Å². The molecule has 0 radical (unpaired) electrons. The monoisotopic (exact) mass is 570 g/mol. The summed E-state index contributed by atoms with van der Waals surface area (Å²) in [4.78, 5) is 42.1. The fourth-order valence-corrected chi connectivity index (χ4v) is 5.42. The van der Waals surface area contributed by atoms with Gasteiger partial charge in [-0.25, -0.2) is 10.4 Å². The standard InChI is InChI=1S/C22H15BrN6O4S2/c23-14-3-1-13(2-4-14)18-10-27-17(11-34-21(27)24-18)9-19(30)25-26-22-28(20(31)12-35-22)15-5-7-16(8-6-15)29(32)33/h1-8,10-11H,9,12H2,(H,25,30)/b26-22-. The van der Waals surface area contributed by atoms with Crippen molar-refractivity contribution < 1.29 is 14.5 Å². The van der Waals surface area contributed by atoms with Crippen molar-refractivity contribution in [2.45, 2.75) is 6.42 Å². The first kappa shape index (κ1) is 23.2. The number of hydrogen-bond acceptors (Lipinski definition) is 8. The van der Waals surface area contributed by atoms with Crippen LogP contribution in [0.5, 0.6) is 0 Å². The van der Waals surface area contributed by atoms with E-state index in [2.05, 4.69) is 31.4 Å². The number of imidazole rings is 1. The summed E-state index contributed by atoms with van der Waals surface area (Å²) in [5, 5.41) is 17.2. The lowest BCUT2D eigenvalue weighted by Crippen LogP contribution is -2.31. The Kier molecular flexibility index (Phi) is 6.36. The molecule has 0 atom stereocenters. The number of halogens is 1. The number of aromatic nitrogens is 2. The van der Waals surface area contributed by atoms with Crippen LogP contribution in [0.1, 0.15) is 5.69 Å². The van der Waals surface area contributed by atoms with Gasteiger partial charge in [0.1, 0.15) is 0 Å². The van der Waals surface area contributed by atoms with Crippen LogP contribution < -0.4 is 10.3 Å². The lowest BCUT2D eigenvalue weighted by molar-refractivity contribution is -0.384. The molecule has 176 valence electrons. The van der Waals surface area contributed by atoms with Gasteiger partial charge in [-0.2, -0.15) is 0 Å². The number of thioether (sulfide) groups is 1. The molecule has 0 bridgehead atoms. The van der Waals surface area contributed by atoms with Gasteiger partial charge < -0.3 is 0 Å². The molecule has 2 aromatic heterocycles. The number of nitro benzene ring substituents is 1. The molecule has 1 aliphatic heterocycles. The Balaban J connectivity index is 1.30.